The maximum Gasteiger partial charge on any atom is 0.227 e. The van der Waals surface area contributed by atoms with E-state index in [2.05, 4.69) is 17.2 Å². The average molecular weight is 340 g/mol. The monoisotopic (exact) mass is 340 g/mol. The van der Waals surface area contributed by atoms with Crippen LogP contribution >= 0.6 is 0 Å². The van der Waals surface area contributed by atoms with Crippen LogP contribution in [0.4, 0.5) is 5.69 Å². The lowest BCUT2D eigenvalue weighted by molar-refractivity contribution is -0.126. The number of imidazole rings is 1. The fraction of sp³-hybridized carbons (Fsp3) is 0.421. The number of aromatic nitrogens is 2. The number of amides is 2. The van der Waals surface area contributed by atoms with Gasteiger partial charge in [0.25, 0.3) is 0 Å². The Balaban J connectivity index is 1.48. The fourth-order valence-corrected chi connectivity index (χ4v) is 3.08. The van der Waals surface area contributed by atoms with Crippen molar-refractivity contribution in [3.63, 3.8) is 0 Å². The van der Waals surface area contributed by atoms with Crippen LogP contribution < -0.4 is 10.2 Å². The number of rotatable bonds is 7. The first-order chi connectivity index (χ1) is 12.2. The molecule has 1 aliphatic rings. The Bertz CT molecular complexity index is 710. The molecule has 6 nitrogen and oxygen atoms in total. The van der Waals surface area contributed by atoms with Crippen molar-refractivity contribution in [2.24, 2.45) is 5.92 Å². The van der Waals surface area contributed by atoms with Gasteiger partial charge in [0.05, 0.1) is 12.2 Å². The molecule has 0 spiro atoms. The third-order valence-electron chi connectivity index (χ3n) is 4.60. The Morgan fingerprint density at radius 2 is 2.12 bits per heavy atom. The normalized spacial score (nSPS) is 17.1. The summed E-state index contributed by atoms with van der Waals surface area (Å²) in [5, 5.41) is 2.95. The first kappa shape index (κ1) is 17.2. The van der Waals surface area contributed by atoms with Gasteiger partial charge in [0, 0.05) is 44.1 Å². The lowest BCUT2D eigenvalue weighted by atomic mass is 10.1. The zero-order valence-electron chi connectivity index (χ0n) is 14.5. The molecule has 0 aliphatic carbocycles. The molecule has 1 saturated heterocycles. The van der Waals surface area contributed by atoms with Crippen LogP contribution in [-0.4, -0.2) is 34.5 Å². The highest BCUT2D eigenvalue weighted by Crippen LogP contribution is 2.25. The molecule has 132 valence electrons. The SMILES string of the molecule is CCc1ccc(N2CC(C(=O)NCCCn3ccnc3)CC2=O)cc1. The molecule has 1 fully saturated rings. The summed E-state index contributed by atoms with van der Waals surface area (Å²) in [4.78, 5) is 30.3. The van der Waals surface area contributed by atoms with Gasteiger partial charge in [-0.3, -0.25) is 9.59 Å². The number of nitrogens with one attached hydrogen (secondary N) is 1. The van der Waals surface area contributed by atoms with Crippen LogP contribution in [0.1, 0.15) is 25.3 Å². The number of carbonyl (C=O) groups is 2. The van der Waals surface area contributed by atoms with Gasteiger partial charge in [-0.2, -0.15) is 0 Å². The van der Waals surface area contributed by atoms with Crippen molar-refractivity contribution >= 4 is 17.5 Å². The average Bonchev–Trinajstić information content (AvgIpc) is 3.28. The van der Waals surface area contributed by atoms with Crippen LogP contribution in [0, 0.1) is 5.92 Å². The predicted molar refractivity (Wildman–Crippen MR) is 96.1 cm³/mol. The lowest BCUT2D eigenvalue weighted by Crippen LogP contribution is -2.33. The zero-order valence-corrected chi connectivity index (χ0v) is 14.5. The molecule has 6 heteroatoms. The molecule has 1 atom stereocenters. The van der Waals surface area contributed by atoms with Gasteiger partial charge in [-0.15, -0.1) is 0 Å². The first-order valence-corrected chi connectivity index (χ1v) is 8.80. The van der Waals surface area contributed by atoms with Crippen LogP contribution in [0.2, 0.25) is 0 Å². The van der Waals surface area contributed by atoms with E-state index in [0.717, 1.165) is 25.1 Å². The molecule has 1 unspecified atom stereocenters. The molecule has 1 aromatic carbocycles. The quantitative estimate of drug-likeness (QED) is 0.784. The number of carbonyl (C=O) groups excluding carboxylic acids is 2. The molecule has 0 radical (unpaired) electrons. The van der Waals surface area contributed by atoms with Crippen molar-refractivity contribution in [2.45, 2.75) is 32.7 Å². The van der Waals surface area contributed by atoms with Gasteiger partial charge in [0.15, 0.2) is 0 Å². The Kier molecular flexibility index (Phi) is 5.48. The third kappa shape index (κ3) is 4.26. The fourth-order valence-electron chi connectivity index (χ4n) is 3.08. The summed E-state index contributed by atoms with van der Waals surface area (Å²) in [7, 11) is 0. The standard InChI is InChI=1S/C19H24N4O2/c1-2-15-4-6-17(7-5-15)23-13-16(12-18(23)24)19(25)21-8-3-10-22-11-9-20-14-22/h4-7,9,11,14,16H,2-3,8,10,12-13H2,1H3,(H,21,25). The molecule has 25 heavy (non-hydrogen) atoms. The molecule has 2 aromatic rings. The molecule has 1 N–H and O–H groups in total. The molecular formula is C19H24N4O2. The highest BCUT2D eigenvalue weighted by molar-refractivity contribution is 6.00. The summed E-state index contributed by atoms with van der Waals surface area (Å²) >= 11 is 0. The molecular weight excluding hydrogens is 316 g/mol. The smallest absolute Gasteiger partial charge is 0.227 e. The van der Waals surface area contributed by atoms with Crippen molar-refractivity contribution in [3.05, 3.63) is 48.5 Å². The van der Waals surface area contributed by atoms with Crippen LogP contribution in [0.15, 0.2) is 43.0 Å². The van der Waals surface area contributed by atoms with Crippen LogP contribution in [-0.2, 0) is 22.6 Å². The van der Waals surface area contributed by atoms with Gasteiger partial charge in [-0.1, -0.05) is 19.1 Å². The summed E-state index contributed by atoms with van der Waals surface area (Å²) in [6.07, 6.45) is 7.49. The van der Waals surface area contributed by atoms with Gasteiger partial charge in [-0.25, -0.2) is 4.98 Å². The van der Waals surface area contributed by atoms with E-state index in [9.17, 15) is 9.59 Å². The van der Waals surface area contributed by atoms with E-state index < -0.39 is 0 Å². The molecule has 1 aliphatic heterocycles. The van der Waals surface area contributed by atoms with Gasteiger partial charge < -0.3 is 14.8 Å². The summed E-state index contributed by atoms with van der Waals surface area (Å²) in [6.45, 7) is 3.98. The maximum atomic E-state index is 12.3. The minimum atomic E-state index is -0.272. The van der Waals surface area contributed by atoms with Crippen molar-refractivity contribution in [2.75, 3.05) is 18.0 Å². The van der Waals surface area contributed by atoms with E-state index in [0.29, 0.717) is 13.1 Å². The van der Waals surface area contributed by atoms with Gasteiger partial charge in [0.2, 0.25) is 11.8 Å². The minimum absolute atomic E-state index is 0.0165. The lowest BCUT2D eigenvalue weighted by Gasteiger charge is -2.17. The predicted octanol–water partition coefficient (Wildman–Crippen LogP) is 2.00. The summed E-state index contributed by atoms with van der Waals surface area (Å²) in [5.41, 5.74) is 2.11. The molecule has 0 bridgehead atoms. The number of hydrogen-bond acceptors (Lipinski definition) is 3. The maximum absolute atomic E-state index is 12.3. The van der Waals surface area contributed by atoms with E-state index in [1.54, 1.807) is 17.4 Å². The highest BCUT2D eigenvalue weighted by atomic mass is 16.2. The molecule has 2 heterocycles. The summed E-state index contributed by atoms with van der Waals surface area (Å²) in [6, 6.07) is 7.99. The zero-order chi connectivity index (χ0) is 17.6. The largest absolute Gasteiger partial charge is 0.356 e. The Labute approximate surface area is 147 Å². The van der Waals surface area contributed by atoms with Gasteiger partial charge in [-0.05, 0) is 30.5 Å². The second-order valence-corrected chi connectivity index (χ2v) is 6.37. The number of benzene rings is 1. The molecule has 2 amide bonds. The second kappa shape index (κ2) is 7.96. The molecule has 3 rings (SSSR count). The van der Waals surface area contributed by atoms with E-state index in [1.165, 1.54) is 5.56 Å². The van der Waals surface area contributed by atoms with E-state index in [4.69, 9.17) is 0 Å². The number of hydrogen-bond donors (Lipinski definition) is 1. The van der Waals surface area contributed by atoms with Crippen LogP contribution in [0.3, 0.4) is 0 Å². The second-order valence-electron chi connectivity index (χ2n) is 6.37. The minimum Gasteiger partial charge on any atom is -0.356 e. The Morgan fingerprint density at radius 3 is 2.80 bits per heavy atom. The molecule has 1 aromatic heterocycles. The van der Waals surface area contributed by atoms with Crippen LogP contribution in [0.25, 0.3) is 0 Å². The molecule has 0 saturated carbocycles. The van der Waals surface area contributed by atoms with Gasteiger partial charge >= 0.3 is 0 Å². The topological polar surface area (TPSA) is 67.2 Å². The van der Waals surface area contributed by atoms with E-state index >= 15 is 0 Å². The number of nitrogens with zero attached hydrogens (tertiary/aromatic N) is 3. The van der Waals surface area contributed by atoms with Crippen molar-refractivity contribution in [1.82, 2.24) is 14.9 Å². The summed E-state index contributed by atoms with van der Waals surface area (Å²) < 4.78 is 1.98. The van der Waals surface area contributed by atoms with Crippen molar-refractivity contribution in [3.8, 4) is 0 Å². The summed E-state index contributed by atoms with van der Waals surface area (Å²) in [5.74, 6) is -0.291. The van der Waals surface area contributed by atoms with E-state index in [1.807, 2.05) is 35.0 Å². The number of aryl methyl sites for hydroxylation is 2. The van der Waals surface area contributed by atoms with Crippen molar-refractivity contribution < 1.29 is 9.59 Å². The van der Waals surface area contributed by atoms with E-state index in [-0.39, 0.29) is 24.2 Å². The first-order valence-electron chi connectivity index (χ1n) is 8.80. The Hall–Kier alpha value is -2.63. The van der Waals surface area contributed by atoms with Gasteiger partial charge in [0.1, 0.15) is 0 Å². The number of anilines is 1. The van der Waals surface area contributed by atoms with Crippen LogP contribution in [0.5, 0.6) is 0 Å². The highest BCUT2D eigenvalue weighted by Gasteiger charge is 2.34. The van der Waals surface area contributed by atoms with Crippen molar-refractivity contribution in [1.29, 1.82) is 0 Å². The Morgan fingerprint density at radius 1 is 1.32 bits per heavy atom. The third-order valence-corrected chi connectivity index (χ3v) is 4.60.